The lowest BCUT2D eigenvalue weighted by atomic mass is 9.82. The summed E-state index contributed by atoms with van der Waals surface area (Å²) in [6.07, 6.45) is 5.20. The van der Waals surface area contributed by atoms with Crippen molar-refractivity contribution in [3.05, 3.63) is 0 Å². The molecule has 0 spiro atoms. The lowest BCUT2D eigenvalue weighted by molar-refractivity contribution is 0.127. The van der Waals surface area contributed by atoms with Gasteiger partial charge in [0.2, 0.25) is 0 Å². The Balaban J connectivity index is 2.13. The van der Waals surface area contributed by atoms with Crippen LogP contribution in [0.1, 0.15) is 46.5 Å². The Morgan fingerprint density at radius 2 is 1.80 bits per heavy atom. The topological polar surface area (TPSA) is 3.24 Å². The van der Waals surface area contributed by atoms with Crippen molar-refractivity contribution in [3.8, 4) is 0 Å². The average molecular weight is 232 g/mol. The van der Waals surface area contributed by atoms with E-state index in [1.54, 1.807) is 0 Å². The molecule has 0 bridgehead atoms. The van der Waals surface area contributed by atoms with E-state index < -0.39 is 0 Å². The molecule has 0 aliphatic carbocycles. The fourth-order valence-corrected chi connectivity index (χ4v) is 2.49. The number of rotatable bonds is 5. The maximum atomic E-state index is 5.74. The minimum atomic E-state index is 0.582. The molecule has 0 amide bonds. The van der Waals surface area contributed by atoms with E-state index in [0.29, 0.717) is 5.41 Å². The van der Waals surface area contributed by atoms with Crippen LogP contribution in [0.25, 0.3) is 0 Å². The third-order valence-corrected chi connectivity index (χ3v) is 3.97. The first-order valence-corrected chi connectivity index (χ1v) is 6.85. The first-order chi connectivity index (χ1) is 7.03. The Morgan fingerprint density at radius 3 is 2.33 bits per heavy atom. The van der Waals surface area contributed by atoms with Crippen molar-refractivity contribution in [2.45, 2.75) is 46.5 Å². The van der Waals surface area contributed by atoms with Gasteiger partial charge in [-0.1, -0.05) is 20.8 Å². The highest BCUT2D eigenvalue weighted by Gasteiger charge is 2.24. The summed E-state index contributed by atoms with van der Waals surface area (Å²) < 4.78 is 0. The van der Waals surface area contributed by atoms with E-state index in [-0.39, 0.29) is 0 Å². The molecule has 0 saturated carbocycles. The number of halogens is 1. The molecule has 1 unspecified atom stereocenters. The molecule has 1 heterocycles. The van der Waals surface area contributed by atoms with Gasteiger partial charge >= 0.3 is 0 Å². The Hall–Kier alpha value is 0.250. The van der Waals surface area contributed by atoms with E-state index in [9.17, 15) is 0 Å². The van der Waals surface area contributed by atoms with Crippen molar-refractivity contribution in [2.24, 2.45) is 11.3 Å². The second-order valence-corrected chi connectivity index (χ2v) is 6.26. The molecule has 1 saturated heterocycles. The molecular weight excluding hydrogens is 206 g/mol. The molecule has 0 aromatic rings. The second-order valence-electron chi connectivity index (χ2n) is 5.88. The Bertz CT molecular complexity index is 169. The van der Waals surface area contributed by atoms with Crippen LogP contribution in [0.15, 0.2) is 0 Å². The molecule has 1 rings (SSSR count). The Kier molecular flexibility index (Phi) is 5.42. The van der Waals surface area contributed by atoms with Gasteiger partial charge in [0.15, 0.2) is 0 Å². The van der Waals surface area contributed by atoms with Crippen LogP contribution in [0.2, 0.25) is 0 Å². The summed E-state index contributed by atoms with van der Waals surface area (Å²) in [4.78, 5) is 2.62. The maximum Gasteiger partial charge on any atom is 0.0225 e. The van der Waals surface area contributed by atoms with Gasteiger partial charge in [-0.25, -0.2) is 0 Å². The molecule has 1 nitrogen and oxygen atoms in total. The molecular formula is C13H26ClN. The minimum absolute atomic E-state index is 0.582. The standard InChI is InChI=1S/C13H26ClN/c1-12(4-8-14)5-9-15-10-6-13(2,3)7-11-15/h12H,4-11H2,1-3H3. The summed E-state index contributed by atoms with van der Waals surface area (Å²) in [5, 5.41) is 0. The van der Waals surface area contributed by atoms with E-state index in [1.807, 2.05) is 0 Å². The molecule has 0 aromatic carbocycles. The van der Waals surface area contributed by atoms with Gasteiger partial charge in [0, 0.05) is 5.88 Å². The van der Waals surface area contributed by atoms with Gasteiger partial charge in [-0.3, -0.25) is 0 Å². The van der Waals surface area contributed by atoms with Gasteiger partial charge in [0.25, 0.3) is 0 Å². The van der Waals surface area contributed by atoms with Gasteiger partial charge in [0.1, 0.15) is 0 Å². The van der Waals surface area contributed by atoms with Crippen LogP contribution in [-0.2, 0) is 0 Å². The van der Waals surface area contributed by atoms with Gasteiger partial charge < -0.3 is 4.90 Å². The first-order valence-electron chi connectivity index (χ1n) is 6.32. The van der Waals surface area contributed by atoms with Crippen LogP contribution in [0.5, 0.6) is 0 Å². The van der Waals surface area contributed by atoms with Gasteiger partial charge in [-0.2, -0.15) is 0 Å². The highest BCUT2D eigenvalue weighted by atomic mass is 35.5. The first kappa shape index (κ1) is 13.3. The Morgan fingerprint density at radius 1 is 1.20 bits per heavy atom. The van der Waals surface area contributed by atoms with Gasteiger partial charge in [-0.05, 0) is 56.7 Å². The van der Waals surface area contributed by atoms with E-state index in [4.69, 9.17) is 11.6 Å². The lowest BCUT2D eigenvalue weighted by Crippen LogP contribution is -2.38. The van der Waals surface area contributed by atoms with E-state index in [1.165, 1.54) is 45.3 Å². The average Bonchev–Trinajstić information content (AvgIpc) is 2.17. The summed E-state index contributed by atoms with van der Waals surface area (Å²) >= 11 is 5.74. The van der Waals surface area contributed by atoms with Crippen molar-refractivity contribution in [1.29, 1.82) is 0 Å². The zero-order valence-corrected chi connectivity index (χ0v) is 11.3. The molecule has 0 radical (unpaired) electrons. The van der Waals surface area contributed by atoms with Crippen molar-refractivity contribution in [1.82, 2.24) is 4.90 Å². The van der Waals surface area contributed by atoms with Gasteiger partial charge in [-0.15, -0.1) is 11.6 Å². The number of piperidine rings is 1. The predicted molar refractivity (Wildman–Crippen MR) is 68.6 cm³/mol. The zero-order valence-electron chi connectivity index (χ0n) is 10.6. The fraction of sp³-hybridized carbons (Fsp3) is 1.00. The van der Waals surface area contributed by atoms with Crippen molar-refractivity contribution < 1.29 is 0 Å². The summed E-state index contributed by atoms with van der Waals surface area (Å²) in [5.41, 5.74) is 0.582. The van der Waals surface area contributed by atoms with Crippen LogP contribution in [-0.4, -0.2) is 30.4 Å². The minimum Gasteiger partial charge on any atom is -0.303 e. The van der Waals surface area contributed by atoms with Crippen molar-refractivity contribution in [3.63, 3.8) is 0 Å². The van der Waals surface area contributed by atoms with Crippen LogP contribution in [0.4, 0.5) is 0 Å². The molecule has 90 valence electrons. The van der Waals surface area contributed by atoms with Crippen LogP contribution in [0.3, 0.4) is 0 Å². The molecule has 1 fully saturated rings. The summed E-state index contributed by atoms with van der Waals surface area (Å²) in [5.74, 6) is 1.60. The van der Waals surface area contributed by atoms with E-state index >= 15 is 0 Å². The highest BCUT2D eigenvalue weighted by molar-refractivity contribution is 6.17. The number of nitrogens with zero attached hydrogens (tertiary/aromatic N) is 1. The fourth-order valence-electron chi connectivity index (χ4n) is 2.12. The predicted octanol–water partition coefficient (Wildman–Crippen LogP) is 3.76. The normalized spacial score (nSPS) is 24.0. The number of alkyl halides is 1. The smallest absolute Gasteiger partial charge is 0.0225 e. The van der Waals surface area contributed by atoms with Crippen LogP contribution >= 0.6 is 11.6 Å². The summed E-state index contributed by atoms with van der Waals surface area (Å²) in [7, 11) is 0. The van der Waals surface area contributed by atoms with Crippen LogP contribution < -0.4 is 0 Å². The summed E-state index contributed by atoms with van der Waals surface area (Å²) in [6, 6.07) is 0. The molecule has 0 aromatic heterocycles. The SMILES string of the molecule is CC(CCCl)CCN1CCC(C)(C)CC1. The summed E-state index contributed by atoms with van der Waals surface area (Å²) in [6.45, 7) is 11.0. The van der Waals surface area contributed by atoms with Crippen molar-refractivity contribution in [2.75, 3.05) is 25.5 Å². The number of likely N-dealkylation sites (tertiary alicyclic amines) is 1. The van der Waals surface area contributed by atoms with Crippen LogP contribution in [0, 0.1) is 11.3 Å². The molecule has 1 aliphatic rings. The number of hydrogen-bond acceptors (Lipinski definition) is 1. The molecule has 15 heavy (non-hydrogen) atoms. The lowest BCUT2D eigenvalue weighted by Gasteiger charge is -2.37. The van der Waals surface area contributed by atoms with E-state index in [0.717, 1.165) is 11.8 Å². The zero-order chi connectivity index (χ0) is 11.3. The second kappa shape index (κ2) is 6.10. The third kappa shape index (κ3) is 5.21. The monoisotopic (exact) mass is 231 g/mol. The van der Waals surface area contributed by atoms with Gasteiger partial charge in [0.05, 0.1) is 0 Å². The third-order valence-electron chi connectivity index (χ3n) is 3.75. The molecule has 2 heteroatoms. The van der Waals surface area contributed by atoms with Crippen molar-refractivity contribution >= 4 is 11.6 Å². The number of hydrogen-bond donors (Lipinski definition) is 0. The maximum absolute atomic E-state index is 5.74. The Labute approximate surface area is 100 Å². The quantitative estimate of drug-likeness (QED) is 0.652. The largest absolute Gasteiger partial charge is 0.303 e. The highest BCUT2D eigenvalue weighted by Crippen LogP contribution is 2.29. The molecule has 1 atom stereocenters. The van der Waals surface area contributed by atoms with E-state index in [2.05, 4.69) is 25.7 Å². The molecule has 1 aliphatic heterocycles. The molecule has 0 N–H and O–H groups in total.